The van der Waals surface area contributed by atoms with Crippen LogP contribution in [0.4, 0.5) is 0 Å². The number of hydrogen-bond acceptors (Lipinski definition) is 3. The van der Waals surface area contributed by atoms with Crippen LogP contribution in [-0.4, -0.2) is 29.8 Å². The molecule has 0 spiro atoms. The third kappa shape index (κ3) is 5.05. The van der Waals surface area contributed by atoms with E-state index in [4.69, 9.17) is 4.74 Å². The zero-order valence-corrected chi connectivity index (χ0v) is 12.7. The molecule has 0 bridgehead atoms. The summed E-state index contributed by atoms with van der Waals surface area (Å²) >= 11 is 0. The lowest BCUT2D eigenvalue weighted by molar-refractivity contribution is 0.0909. The predicted octanol–water partition coefficient (Wildman–Crippen LogP) is 2.90. The van der Waals surface area contributed by atoms with E-state index < -0.39 is 6.10 Å². The predicted molar refractivity (Wildman–Crippen MR) is 82.6 cm³/mol. The van der Waals surface area contributed by atoms with Gasteiger partial charge in [0, 0.05) is 12.1 Å². The summed E-state index contributed by atoms with van der Waals surface area (Å²) in [4.78, 5) is 12.1. The van der Waals surface area contributed by atoms with Gasteiger partial charge in [0.1, 0.15) is 5.75 Å². The van der Waals surface area contributed by atoms with Crippen LogP contribution in [0.2, 0.25) is 0 Å². The van der Waals surface area contributed by atoms with Crippen molar-refractivity contribution in [3.05, 3.63) is 29.8 Å². The molecule has 0 aliphatic heterocycles. The Morgan fingerprint density at radius 1 is 1.43 bits per heavy atom. The third-order valence-electron chi connectivity index (χ3n) is 3.82. The van der Waals surface area contributed by atoms with Crippen LogP contribution in [0.25, 0.3) is 0 Å². The highest BCUT2D eigenvalue weighted by Gasteiger charge is 2.17. The van der Waals surface area contributed by atoms with Gasteiger partial charge in [-0.05, 0) is 50.3 Å². The normalized spacial score (nSPS) is 16.7. The first-order valence-electron chi connectivity index (χ1n) is 7.92. The molecular weight excluding hydrogens is 266 g/mol. The molecule has 1 aliphatic carbocycles. The van der Waals surface area contributed by atoms with Crippen molar-refractivity contribution in [1.29, 1.82) is 0 Å². The van der Waals surface area contributed by atoms with Crippen molar-refractivity contribution in [2.45, 2.75) is 57.7 Å². The Bertz CT molecular complexity index is 455. The maximum Gasteiger partial charge on any atom is 0.251 e. The zero-order valence-electron chi connectivity index (χ0n) is 12.7. The summed E-state index contributed by atoms with van der Waals surface area (Å²) in [6, 6.07) is 7.27. The van der Waals surface area contributed by atoms with Crippen molar-refractivity contribution < 1.29 is 14.6 Å². The largest absolute Gasteiger partial charge is 0.490 e. The fourth-order valence-electron chi connectivity index (χ4n) is 2.66. The van der Waals surface area contributed by atoms with E-state index >= 15 is 0 Å². The van der Waals surface area contributed by atoms with Crippen molar-refractivity contribution in [1.82, 2.24) is 5.32 Å². The molecule has 116 valence electrons. The Kier molecular flexibility index (Phi) is 6.05. The summed E-state index contributed by atoms with van der Waals surface area (Å²) < 4.78 is 5.90. The second kappa shape index (κ2) is 8.03. The van der Waals surface area contributed by atoms with E-state index in [2.05, 4.69) is 5.32 Å². The van der Waals surface area contributed by atoms with Gasteiger partial charge in [0.2, 0.25) is 0 Å². The van der Waals surface area contributed by atoms with Crippen LogP contribution in [0.15, 0.2) is 24.3 Å². The van der Waals surface area contributed by atoms with Crippen LogP contribution < -0.4 is 10.1 Å². The van der Waals surface area contributed by atoms with E-state index in [0.29, 0.717) is 18.5 Å². The Hall–Kier alpha value is -1.55. The highest BCUT2D eigenvalue weighted by Crippen LogP contribution is 2.24. The quantitative estimate of drug-likeness (QED) is 0.812. The zero-order chi connectivity index (χ0) is 15.1. The van der Waals surface area contributed by atoms with E-state index in [9.17, 15) is 9.90 Å². The van der Waals surface area contributed by atoms with E-state index in [1.165, 1.54) is 12.8 Å². The first kappa shape index (κ1) is 15.8. The Balaban J connectivity index is 1.88. The van der Waals surface area contributed by atoms with Gasteiger partial charge in [-0.15, -0.1) is 0 Å². The molecule has 1 aliphatic rings. The number of carbonyl (C=O) groups is 1. The van der Waals surface area contributed by atoms with E-state index in [1.54, 1.807) is 12.1 Å². The molecule has 0 radical (unpaired) electrons. The molecule has 1 unspecified atom stereocenters. The van der Waals surface area contributed by atoms with Crippen LogP contribution in [0.1, 0.15) is 55.8 Å². The number of hydrogen-bond donors (Lipinski definition) is 2. The van der Waals surface area contributed by atoms with Gasteiger partial charge in [0.15, 0.2) is 0 Å². The molecule has 4 heteroatoms. The fraction of sp³-hybridized carbons (Fsp3) is 0.588. The lowest BCUT2D eigenvalue weighted by atomic mass is 10.1. The molecule has 2 N–H and O–H groups in total. The fourth-order valence-corrected chi connectivity index (χ4v) is 2.66. The Morgan fingerprint density at radius 3 is 2.90 bits per heavy atom. The Morgan fingerprint density at radius 2 is 2.19 bits per heavy atom. The van der Waals surface area contributed by atoms with Gasteiger partial charge >= 0.3 is 0 Å². The van der Waals surface area contributed by atoms with E-state index in [1.807, 2.05) is 19.1 Å². The lowest BCUT2D eigenvalue weighted by Crippen LogP contribution is -2.32. The van der Waals surface area contributed by atoms with Crippen molar-refractivity contribution in [2.24, 2.45) is 0 Å². The van der Waals surface area contributed by atoms with Crippen LogP contribution in [0.3, 0.4) is 0 Å². The minimum absolute atomic E-state index is 0.165. The molecule has 1 aromatic rings. The summed E-state index contributed by atoms with van der Waals surface area (Å²) in [5, 5.41) is 12.4. The van der Waals surface area contributed by atoms with Crippen LogP contribution in [0.5, 0.6) is 5.75 Å². The molecule has 0 heterocycles. The van der Waals surface area contributed by atoms with Gasteiger partial charge in [0.05, 0.1) is 12.2 Å². The molecular formula is C17H25NO3. The van der Waals surface area contributed by atoms with Crippen LogP contribution in [0, 0.1) is 0 Å². The molecule has 1 fully saturated rings. The van der Waals surface area contributed by atoms with Crippen molar-refractivity contribution in [3.8, 4) is 5.75 Å². The summed E-state index contributed by atoms with van der Waals surface area (Å²) in [5.74, 6) is 0.589. The maximum atomic E-state index is 12.1. The highest BCUT2D eigenvalue weighted by atomic mass is 16.5. The standard InChI is InChI=1S/C17H25NO3/c1-2-6-14(19)12-18-17(20)13-7-5-10-16(11-13)21-15-8-3-4-9-15/h5,7,10-11,14-15,19H,2-4,6,8-9,12H2,1H3,(H,18,20). The SMILES string of the molecule is CCCC(O)CNC(=O)c1cccc(OC2CCCC2)c1. The minimum atomic E-state index is -0.475. The third-order valence-corrected chi connectivity index (χ3v) is 3.82. The number of benzene rings is 1. The van der Waals surface area contributed by atoms with E-state index in [0.717, 1.165) is 25.0 Å². The molecule has 1 atom stereocenters. The number of carbonyl (C=O) groups excluding carboxylic acids is 1. The average molecular weight is 291 g/mol. The van der Waals surface area contributed by atoms with Gasteiger partial charge < -0.3 is 15.2 Å². The second-order valence-corrected chi connectivity index (χ2v) is 5.70. The summed E-state index contributed by atoms with van der Waals surface area (Å²) in [6.07, 6.45) is 6.05. The minimum Gasteiger partial charge on any atom is -0.490 e. The molecule has 1 saturated carbocycles. The number of aliphatic hydroxyl groups excluding tert-OH is 1. The van der Waals surface area contributed by atoms with Crippen molar-refractivity contribution >= 4 is 5.91 Å². The molecule has 1 amide bonds. The van der Waals surface area contributed by atoms with Gasteiger partial charge in [-0.2, -0.15) is 0 Å². The van der Waals surface area contributed by atoms with Gasteiger partial charge in [0.25, 0.3) is 5.91 Å². The van der Waals surface area contributed by atoms with Crippen molar-refractivity contribution in [2.75, 3.05) is 6.54 Å². The average Bonchev–Trinajstić information content (AvgIpc) is 2.98. The van der Waals surface area contributed by atoms with Crippen LogP contribution in [-0.2, 0) is 0 Å². The Labute approximate surface area is 126 Å². The molecule has 4 nitrogen and oxygen atoms in total. The number of amides is 1. The molecule has 2 rings (SSSR count). The number of ether oxygens (including phenoxy) is 1. The summed E-state index contributed by atoms with van der Waals surface area (Å²) in [7, 11) is 0. The second-order valence-electron chi connectivity index (χ2n) is 5.70. The summed E-state index contributed by atoms with van der Waals surface area (Å²) in [6.45, 7) is 2.30. The first-order valence-corrected chi connectivity index (χ1v) is 7.92. The van der Waals surface area contributed by atoms with Gasteiger partial charge in [-0.3, -0.25) is 4.79 Å². The monoisotopic (exact) mass is 291 g/mol. The van der Waals surface area contributed by atoms with Gasteiger partial charge in [-0.25, -0.2) is 0 Å². The maximum absolute atomic E-state index is 12.1. The number of rotatable bonds is 7. The molecule has 21 heavy (non-hydrogen) atoms. The van der Waals surface area contributed by atoms with Crippen molar-refractivity contribution in [3.63, 3.8) is 0 Å². The first-order chi connectivity index (χ1) is 10.2. The highest BCUT2D eigenvalue weighted by molar-refractivity contribution is 5.94. The number of nitrogens with one attached hydrogen (secondary N) is 1. The number of aliphatic hydroxyl groups is 1. The van der Waals surface area contributed by atoms with Crippen LogP contribution >= 0.6 is 0 Å². The molecule has 1 aromatic carbocycles. The van der Waals surface area contributed by atoms with E-state index in [-0.39, 0.29) is 12.0 Å². The smallest absolute Gasteiger partial charge is 0.251 e. The topological polar surface area (TPSA) is 58.6 Å². The molecule has 0 aromatic heterocycles. The molecule has 0 saturated heterocycles. The van der Waals surface area contributed by atoms with Gasteiger partial charge in [-0.1, -0.05) is 19.4 Å². The summed E-state index contributed by atoms with van der Waals surface area (Å²) in [5.41, 5.74) is 0.578. The lowest BCUT2D eigenvalue weighted by Gasteiger charge is -2.14.